The maximum Gasteiger partial charge on any atom is 0.0613 e. The molecule has 1 fully saturated rings. The zero-order valence-corrected chi connectivity index (χ0v) is 13.5. The highest BCUT2D eigenvalue weighted by Gasteiger charge is 2.26. The van der Waals surface area contributed by atoms with Gasteiger partial charge in [-0.05, 0) is 25.8 Å². The maximum atomic E-state index is 5.11. The van der Waals surface area contributed by atoms with E-state index in [0.29, 0.717) is 6.04 Å². The molecule has 0 aromatic carbocycles. The van der Waals surface area contributed by atoms with Gasteiger partial charge in [-0.1, -0.05) is 13.8 Å². The lowest BCUT2D eigenvalue weighted by atomic mass is 9.99. The number of likely N-dealkylation sites (tertiary alicyclic amines) is 1. The zero-order chi connectivity index (χ0) is 14.3. The maximum absolute atomic E-state index is 5.11. The first-order valence-corrected chi connectivity index (χ1v) is 7.64. The summed E-state index contributed by atoms with van der Waals surface area (Å²) in [6.07, 6.45) is 0. The van der Waals surface area contributed by atoms with Gasteiger partial charge in [0, 0.05) is 52.4 Å². The van der Waals surface area contributed by atoms with E-state index in [1.165, 1.54) is 32.7 Å². The molecule has 1 N–H and O–H groups in total. The van der Waals surface area contributed by atoms with E-state index in [2.05, 4.69) is 42.9 Å². The van der Waals surface area contributed by atoms with Gasteiger partial charge in [0.15, 0.2) is 0 Å². The molecule has 19 heavy (non-hydrogen) atoms. The molecule has 1 atom stereocenters. The van der Waals surface area contributed by atoms with Gasteiger partial charge < -0.3 is 19.9 Å². The second kappa shape index (κ2) is 8.90. The van der Waals surface area contributed by atoms with Crippen LogP contribution < -0.4 is 5.32 Å². The summed E-state index contributed by atoms with van der Waals surface area (Å²) in [7, 11) is 4.00. The Morgan fingerprint density at radius 1 is 1.32 bits per heavy atom. The summed E-state index contributed by atoms with van der Waals surface area (Å²) < 4.78 is 5.11. The number of nitrogens with one attached hydrogen (secondary N) is 1. The largest absolute Gasteiger partial charge is 0.383 e. The second-order valence-corrected chi connectivity index (χ2v) is 6.55. The topological polar surface area (TPSA) is 27.7 Å². The highest BCUT2D eigenvalue weighted by Crippen LogP contribution is 2.16. The van der Waals surface area contributed by atoms with Crippen LogP contribution in [0.5, 0.6) is 0 Å². The van der Waals surface area contributed by atoms with E-state index in [1.54, 1.807) is 7.11 Å². The number of methoxy groups -OCH3 is 1. The molecule has 1 aliphatic heterocycles. The van der Waals surface area contributed by atoms with Crippen molar-refractivity contribution in [2.75, 3.05) is 60.0 Å². The Kier molecular flexibility index (Phi) is 7.91. The van der Waals surface area contributed by atoms with Crippen molar-refractivity contribution in [2.45, 2.75) is 26.8 Å². The molecule has 114 valence electrons. The number of nitrogens with zero attached hydrogens (tertiary/aromatic N) is 2. The first kappa shape index (κ1) is 16.9. The number of hydrogen-bond acceptors (Lipinski definition) is 4. The van der Waals surface area contributed by atoms with Crippen LogP contribution in [0.3, 0.4) is 0 Å². The van der Waals surface area contributed by atoms with E-state index in [4.69, 9.17) is 4.74 Å². The first-order chi connectivity index (χ1) is 9.01. The van der Waals surface area contributed by atoms with Gasteiger partial charge in [-0.15, -0.1) is 0 Å². The summed E-state index contributed by atoms with van der Waals surface area (Å²) >= 11 is 0. The third kappa shape index (κ3) is 7.25. The molecule has 0 aliphatic carbocycles. The van der Waals surface area contributed by atoms with Crippen LogP contribution in [0.1, 0.15) is 20.8 Å². The smallest absolute Gasteiger partial charge is 0.0613 e. The molecule has 1 rings (SSSR count). The quantitative estimate of drug-likeness (QED) is 0.645. The Balaban J connectivity index is 1.98. The molecule has 0 amide bonds. The predicted octanol–water partition coefficient (Wildman–Crippen LogP) is 1.13. The van der Waals surface area contributed by atoms with Crippen molar-refractivity contribution >= 4 is 0 Å². The first-order valence-electron chi connectivity index (χ1n) is 7.64. The van der Waals surface area contributed by atoms with Crippen molar-refractivity contribution in [3.8, 4) is 0 Å². The van der Waals surface area contributed by atoms with Crippen LogP contribution in [0.4, 0.5) is 0 Å². The number of hydrogen-bond donors (Lipinski definition) is 1. The van der Waals surface area contributed by atoms with Crippen molar-refractivity contribution in [1.29, 1.82) is 0 Å². The molecule has 1 heterocycles. The second-order valence-electron chi connectivity index (χ2n) is 6.55. The average Bonchev–Trinajstić information content (AvgIpc) is 2.24. The molecule has 1 aliphatic rings. The molecule has 0 radical (unpaired) electrons. The Morgan fingerprint density at radius 2 is 2.00 bits per heavy atom. The molecule has 4 nitrogen and oxygen atoms in total. The molecule has 0 aromatic heterocycles. The fraction of sp³-hybridized carbons (Fsp3) is 1.00. The van der Waals surface area contributed by atoms with Gasteiger partial charge in [0.05, 0.1) is 6.61 Å². The molecule has 1 saturated heterocycles. The van der Waals surface area contributed by atoms with Crippen LogP contribution in [0, 0.1) is 11.8 Å². The summed E-state index contributed by atoms with van der Waals surface area (Å²) in [6.45, 7) is 14.8. The molecule has 1 unspecified atom stereocenters. The molecule has 4 heteroatoms. The van der Waals surface area contributed by atoms with Crippen LogP contribution >= 0.6 is 0 Å². The number of ether oxygens (including phenoxy) is 1. The van der Waals surface area contributed by atoms with Crippen LogP contribution in [-0.4, -0.2) is 75.9 Å². The third-order valence-corrected chi connectivity index (χ3v) is 3.62. The van der Waals surface area contributed by atoms with Gasteiger partial charge in [0.2, 0.25) is 0 Å². The molecule has 0 bridgehead atoms. The van der Waals surface area contributed by atoms with Gasteiger partial charge in [0.25, 0.3) is 0 Å². The highest BCUT2D eigenvalue weighted by molar-refractivity contribution is 4.82. The van der Waals surface area contributed by atoms with Crippen LogP contribution in [-0.2, 0) is 4.74 Å². The lowest BCUT2D eigenvalue weighted by Gasteiger charge is -2.41. The predicted molar refractivity (Wildman–Crippen MR) is 81.6 cm³/mol. The Morgan fingerprint density at radius 3 is 2.58 bits per heavy atom. The molecular weight excluding hydrogens is 238 g/mol. The van der Waals surface area contributed by atoms with E-state index >= 15 is 0 Å². The zero-order valence-electron chi connectivity index (χ0n) is 13.5. The van der Waals surface area contributed by atoms with Crippen LogP contribution in [0.25, 0.3) is 0 Å². The fourth-order valence-corrected chi connectivity index (χ4v) is 2.89. The summed E-state index contributed by atoms with van der Waals surface area (Å²) in [5, 5.41) is 3.49. The molecule has 0 saturated carbocycles. The van der Waals surface area contributed by atoms with E-state index in [-0.39, 0.29) is 0 Å². The van der Waals surface area contributed by atoms with E-state index in [9.17, 15) is 0 Å². The van der Waals surface area contributed by atoms with Gasteiger partial charge in [-0.3, -0.25) is 0 Å². The van der Waals surface area contributed by atoms with Crippen molar-refractivity contribution < 1.29 is 4.74 Å². The van der Waals surface area contributed by atoms with Crippen molar-refractivity contribution in [3.63, 3.8) is 0 Å². The van der Waals surface area contributed by atoms with E-state index in [0.717, 1.165) is 25.0 Å². The van der Waals surface area contributed by atoms with Crippen LogP contribution in [0.15, 0.2) is 0 Å². The van der Waals surface area contributed by atoms with Gasteiger partial charge in [-0.25, -0.2) is 0 Å². The minimum Gasteiger partial charge on any atom is -0.383 e. The minimum absolute atomic E-state index is 0.458. The van der Waals surface area contributed by atoms with Gasteiger partial charge in [0.1, 0.15) is 0 Å². The van der Waals surface area contributed by atoms with Crippen molar-refractivity contribution in [3.05, 3.63) is 0 Å². The standard InChI is InChI=1S/C15H33N3O/c1-13(2)8-17(4)9-15-10-18(11-15)7-6-16-14(3)12-19-5/h13-16H,6-12H2,1-5H3. The van der Waals surface area contributed by atoms with Gasteiger partial charge >= 0.3 is 0 Å². The molecule has 0 spiro atoms. The SMILES string of the molecule is COCC(C)NCCN1CC(CN(C)CC(C)C)C1. The Labute approximate surface area is 119 Å². The summed E-state index contributed by atoms with van der Waals surface area (Å²) in [5.41, 5.74) is 0. The van der Waals surface area contributed by atoms with E-state index < -0.39 is 0 Å². The normalized spacial score (nSPS) is 19.1. The number of rotatable bonds is 10. The summed E-state index contributed by atoms with van der Waals surface area (Å²) in [5.74, 6) is 1.65. The van der Waals surface area contributed by atoms with Crippen molar-refractivity contribution in [2.24, 2.45) is 11.8 Å². The van der Waals surface area contributed by atoms with E-state index in [1.807, 2.05) is 0 Å². The molecule has 0 aromatic rings. The molecular formula is C15H33N3O. The minimum atomic E-state index is 0.458. The fourth-order valence-electron chi connectivity index (χ4n) is 2.89. The Hall–Kier alpha value is -0.160. The summed E-state index contributed by atoms with van der Waals surface area (Å²) in [4.78, 5) is 5.02. The lowest BCUT2D eigenvalue weighted by molar-refractivity contribution is 0.0707. The third-order valence-electron chi connectivity index (χ3n) is 3.62. The summed E-state index contributed by atoms with van der Waals surface area (Å²) in [6, 6.07) is 0.458. The average molecular weight is 271 g/mol. The van der Waals surface area contributed by atoms with Gasteiger partial charge in [-0.2, -0.15) is 0 Å². The van der Waals surface area contributed by atoms with Crippen LogP contribution in [0.2, 0.25) is 0 Å². The van der Waals surface area contributed by atoms with Crippen molar-refractivity contribution in [1.82, 2.24) is 15.1 Å². The monoisotopic (exact) mass is 271 g/mol. The lowest BCUT2D eigenvalue weighted by Crippen LogP contribution is -2.53. The highest BCUT2D eigenvalue weighted by atomic mass is 16.5. The Bertz CT molecular complexity index is 229.